The zero-order valence-corrected chi connectivity index (χ0v) is 19.6. The summed E-state index contributed by atoms with van der Waals surface area (Å²) in [5.41, 5.74) is -0.291. The number of alkyl halides is 3. The molecule has 1 aromatic carbocycles. The predicted molar refractivity (Wildman–Crippen MR) is 127 cm³/mol. The Morgan fingerprint density at radius 2 is 1.78 bits per heavy atom. The van der Waals surface area contributed by atoms with Crippen LogP contribution in [0.15, 0.2) is 61.3 Å². The molecule has 184 valence electrons. The van der Waals surface area contributed by atoms with Crippen LogP contribution in [0.1, 0.15) is 30.7 Å². The highest BCUT2D eigenvalue weighted by molar-refractivity contribution is 7.13. The first kappa shape index (κ1) is 25.0. The van der Waals surface area contributed by atoms with E-state index in [-0.39, 0.29) is 33.6 Å². The maximum absolute atomic E-state index is 12.9. The van der Waals surface area contributed by atoms with Crippen molar-refractivity contribution in [3.63, 3.8) is 0 Å². The van der Waals surface area contributed by atoms with Crippen molar-refractivity contribution < 1.29 is 22.8 Å². The summed E-state index contributed by atoms with van der Waals surface area (Å²) < 4.78 is 38.6. The van der Waals surface area contributed by atoms with Gasteiger partial charge in [-0.1, -0.05) is 17.7 Å². The summed E-state index contributed by atoms with van der Waals surface area (Å²) in [6.07, 6.45) is 1.08. The fourth-order valence-corrected chi connectivity index (χ4v) is 3.87. The molecule has 0 saturated heterocycles. The molecule has 3 heterocycles. The average molecular weight is 534 g/mol. The molecule has 0 radical (unpaired) electrons. The molecule has 36 heavy (non-hydrogen) atoms. The molecule has 0 fully saturated rings. The Morgan fingerprint density at radius 1 is 1.00 bits per heavy atom. The highest BCUT2D eigenvalue weighted by Gasteiger charge is 2.30. The number of rotatable bonds is 7. The van der Waals surface area contributed by atoms with E-state index in [1.165, 1.54) is 24.7 Å². The summed E-state index contributed by atoms with van der Waals surface area (Å²) in [6.45, 7) is -0.0339. The lowest BCUT2D eigenvalue weighted by molar-refractivity contribution is -0.137. The quantitative estimate of drug-likeness (QED) is 0.308. The molecule has 0 aliphatic rings. The largest absolute Gasteiger partial charge is 0.416 e. The number of amides is 2. The summed E-state index contributed by atoms with van der Waals surface area (Å²) in [7, 11) is 0. The second-order valence-corrected chi connectivity index (χ2v) is 8.57. The van der Waals surface area contributed by atoms with Crippen LogP contribution in [0.4, 0.5) is 30.4 Å². The number of aromatic nitrogens is 4. The number of anilines is 3. The van der Waals surface area contributed by atoms with Crippen LogP contribution in [-0.2, 0) is 12.7 Å². The second-order valence-electron chi connectivity index (χ2n) is 7.08. The molecule has 0 unspecified atom stereocenters. The van der Waals surface area contributed by atoms with E-state index in [0.29, 0.717) is 10.7 Å². The minimum Gasteiger partial charge on any atom is -0.344 e. The zero-order chi connectivity index (χ0) is 25.7. The number of benzene rings is 1. The number of nitrogens with zero attached hydrogens (tertiary/aromatic N) is 4. The molecule has 0 spiro atoms. The highest BCUT2D eigenvalue weighted by atomic mass is 35.5. The van der Waals surface area contributed by atoms with Crippen LogP contribution in [0.2, 0.25) is 5.02 Å². The molecule has 0 saturated carbocycles. The van der Waals surface area contributed by atoms with Crippen LogP contribution in [0.3, 0.4) is 0 Å². The van der Waals surface area contributed by atoms with E-state index in [9.17, 15) is 22.8 Å². The number of pyridine rings is 1. The van der Waals surface area contributed by atoms with Crippen LogP contribution < -0.4 is 16.0 Å². The van der Waals surface area contributed by atoms with Crippen molar-refractivity contribution in [2.45, 2.75) is 12.7 Å². The first-order valence-corrected chi connectivity index (χ1v) is 11.3. The van der Waals surface area contributed by atoms with Crippen molar-refractivity contribution in [1.29, 1.82) is 0 Å². The molecule has 4 rings (SSSR count). The molecule has 0 aliphatic heterocycles. The first-order chi connectivity index (χ1) is 17.2. The Balaban J connectivity index is 1.37. The van der Waals surface area contributed by atoms with E-state index in [1.807, 2.05) is 0 Å². The Labute approximate surface area is 210 Å². The number of hydrogen-bond acceptors (Lipinski definition) is 8. The fraction of sp³-hybridized carbons (Fsp3) is 0.0909. The Hall–Kier alpha value is -4.10. The Bertz CT molecular complexity index is 1400. The summed E-state index contributed by atoms with van der Waals surface area (Å²) in [6, 6.07) is 7.68. The first-order valence-electron chi connectivity index (χ1n) is 10.1. The predicted octanol–water partition coefficient (Wildman–Crippen LogP) is 4.93. The number of hydrogen-bond donors (Lipinski definition) is 3. The van der Waals surface area contributed by atoms with Gasteiger partial charge in [-0.25, -0.2) is 15.0 Å². The third-order valence-corrected chi connectivity index (χ3v) is 5.93. The average Bonchev–Trinajstić information content (AvgIpc) is 3.33. The minimum absolute atomic E-state index is 0.00658. The van der Waals surface area contributed by atoms with E-state index >= 15 is 0 Å². The monoisotopic (exact) mass is 533 g/mol. The van der Waals surface area contributed by atoms with Crippen molar-refractivity contribution in [2.24, 2.45) is 0 Å². The molecule has 3 aromatic heterocycles. The van der Waals surface area contributed by atoms with Crippen molar-refractivity contribution in [2.75, 3.05) is 10.6 Å². The lowest BCUT2D eigenvalue weighted by atomic mass is 10.2. The van der Waals surface area contributed by atoms with Crippen molar-refractivity contribution >= 4 is 51.9 Å². The standard InChI is InChI=1S/C22H15ClF3N7O2S/c23-17-18(30-11-31-19(17)32-13-4-6-27-7-5-13)21(35)29-10-16-28-9-15(36-16)20(34)33-14-3-1-2-12(8-14)22(24,25)26/h1-9,11H,10H2,(H,29,35)(H,33,34)(H,27,30,31,32). The van der Waals surface area contributed by atoms with Crippen molar-refractivity contribution in [3.05, 3.63) is 87.5 Å². The number of halogens is 4. The van der Waals surface area contributed by atoms with Gasteiger partial charge in [0.2, 0.25) is 0 Å². The van der Waals surface area contributed by atoms with Gasteiger partial charge in [-0.3, -0.25) is 14.6 Å². The van der Waals surface area contributed by atoms with Gasteiger partial charge in [-0.05, 0) is 30.3 Å². The van der Waals surface area contributed by atoms with Crippen LogP contribution in [0.5, 0.6) is 0 Å². The van der Waals surface area contributed by atoms with Gasteiger partial charge >= 0.3 is 6.18 Å². The maximum Gasteiger partial charge on any atom is 0.416 e. The van der Waals surface area contributed by atoms with Crippen LogP contribution >= 0.6 is 22.9 Å². The number of carbonyl (C=O) groups is 2. The molecular weight excluding hydrogens is 519 g/mol. The summed E-state index contributed by atoms with van der Waals surface area (Å²) in [4.78, 5) is 41.2. The summed E-state index contributed by atoms with van der Waals surface area (Å²) >= 11 is 7.27. The highest BCUT2D eigenvalue weighted by Crippen LogP contribution is 2.31. The van der Waals surface area contributed by atoms with E-state index < -0.39 is 23.6 Å². The molecule has 4 aromatic rings. The van der Waals surface area contributed by atoms with Gasteiger partial charge in [-0.2, -0.15) is 13.2 Å². The molecule has 9 nitrogen and oxygen atoms in total. The van der Waals surface area contributed by atoms with E-state index in [4.69, 9.17) is 11.6 Å². The lowest BCUT2D eigenvalue weighted by Crippen LogP contribution is -2.24. The minimum atomic E-state index is -4.53. The van der Waals surface area contributed by atoms with E-state index in [1.54, 1.807) is 24.5 Å². The van der Waals surface area contributed by atoms with Crippen molar-refractivity contribution in [3.8, 4) is 0 Å². The molecule has 14 heteroatoms. The number of thiazole rings is 1. The Morgan fingerprint density at radius 3 is 2.53 bits per heavy atom. The topological polar surface area (TPSA) is 122 Å². The number of nitrogens with one attached hydrogen (secondary N) is 3. The fourth-order valence-electron chi connectivity index (χ4n) is 2.89. The molecular formula is C22H15ClF3N7O2S. The normalized spacial score (nSPS) is 11.1. The summed E-state index contributed by atoms with van der Waals surface area (Å²) in [5.74, 6) is -0.994. The van der Waals surface area contributed by atoms with Crippen LogP contribution in [0, 0.1) is 0 Å². The van der Waals surface area contributed by atoms with Gasteiger partial charge in [0, 0.05) is 23.8 Å². The van der Waals surface area contributed by atoms with Crippen LogP contribution in [0.25, 0.3) is 0 Å². The second kappa shape index (κ2) is 10.7. The van der Waals surface area contributed by atoms with Crippen LogP contribution in [-0.4, -0.2) is 31.8 Å². The molecule has 0 aliphatic carbocycles. The lowest BCUT2D eigenvalue weighted by Gasteiger charge is -2.10. The van der Waals surface area contributed by atoms with Crippen molar-refractivity contribution in [1.82, 2.24) is 25.3 Å². The summed E-state index contributed by atoms with van der Waals surface area (Å²) in [5, 5.41) is 8.38. The van der Waals surface area contributed by atoms with Gasteiger partial charge in [-0.15, -0.1) is 11.3 Å². The van der Waals surface area contributed by atoms with Gasteiger partial charge in [0.25, 0.3) is 11.8 Å². The molecule has 2 amide bonds. The van der Waals surface area contributed by atoms with E-state index in [0.717, 1.165) is 23.5 Å². The van der Waals surface area contributed by atoms with Gasteiger partial charge in [0.05, 0.1) is 18.3 Å². The molecule has 3 N–H and O–H groups in total. The molecule has 0 atom stereocenters. The van der Waals surface area contributed by atoms with E-state index in [2.05, 4.69) is 35.9 Å². The smallest absolute Gasteiger partial charge is 0.344 e. The SMILES string of the molecule is O=C(Nc1cccc(C(F)(F)F)c1)c1cnc(CNC(=O)c2ncnc(Nc3ccncc3)c2Cl)s1. The maximum atomic E-state index is 12.9. The zero-order valence-electron chi connectivity index (χ0n) is 18.0. The third kappa shape index (κ3) is 6.12. The third-order valence-electron chi connectivity index (χ3n) is 4.57. The van der Waals surface area contributed by atoms with Gasteiger partial charge in [0.1, 0.15) is 21.2 Å². The number of carbonyl (C=O) groups excluding carboxylic acids is 2. The molecule has 0 bridgehead atoms. The van der Waals surface area contributed by atoms with Gasteiger partial charge in [0.15, 0.2) is 11.5 Å². The Kier molecular flexibility index (Phi) is 7.41. The van der Waals surface area contributed by atoms with Gasteiger partial charge < -0.3 is 16.0 Å².